The SMILES string of the molecule is O=C(c1cccc2cnccc12)N1C[C@@H]2c3ccccc3OC[C@]2(C(=O)O)C1. The van der Waals surface area contributed by atoms with E-state index in [4.69, 9.17) is 4.74 Å². The lowest BCUT2D eigenvalue weighted by molar-refractivity contribution is -0.151. The first kappa shape index (κ1) is 16.7. The van der Waals surface area contributed by atoms with Gasteiger partial charge < -0.3 is 14.7 Å². The Balaban J connectivity index is 1.56. The van der Waals surface area contributed by atoms with Crippen LogP contribution < -0.4 is 4.74 Å². The van der Waals surface area contributed by atoms with E-state index in [0.29, 0.717) is 17.9 Å². The minimum atomic E-state index is -1.13. The van der Waals surface area contributed by atoms with E-state index >= 15 is 0 Å². The Morgan fingerprint density at radius 2 is 2.00 bits per heavy atom. The predicted molar refractivity (Wildman–Crippen MR) is 102 cm³/mol. The van der Waals surface area contributed by atoms with Crippen LogP contribution in [0.4, 0.5) is 0 Å². The number of nitrogens with zero attached hydrogens (tertiary/aromatic N) is 2. The fraction of sp³-hybridized carbons (Fsp3) is 0.227. The van der Waals surface area contributed by atoms with E-state index < -0.39 is 11.4 Å². The maximum absolute atomic E-state index is 13.4. The first-order chi connectivity index (χ1) is 13.6. The summed E-state index contributed by atoms with van der Waals surface area (Å²) < 4.78 is 5.78. The Hall–Kier alpha value is -3.41. The maximum atomic E-state index is 13.4. The van der Waals surface area contributed by atoms with E-state index in [1.807, 2.05) is 42.5 Å². The van der Waals surface area contributed by atoms with Gasteiger partial charge >= 0.3 is 5.97 Å². The predicted octanol–water partition coefficient (Wildman–Crippen LogP) is 2.94. The van der Waals surface area contributed by atoms with Crippen LogP contribution in [0, 0.1) is 5.41 Å². The molecule has 1 N–H and O–H groups in total. The minimum absolute atomic E-state index is 0.0627. The summed E-state index contributed by atoms with van der Waals surface area (Å²) in [5, 5.41) is 11.7. The standard InChI is InChI=1S/C22H18N2O4/c25-20(16-6-3-4-14-10-23-9-8-15(14)16)24-11-18-17-5-1-2-7-19(17)28-13-22(18,12-24)21(26)27/h1-10,18H,11-13H2,(H,26,27)/t18-,22-/m1/s1. The highest BCUT2D eigenvalue weighted by atomic mass is 16.5. The van der Waals surface area contributed by atoms with Crippen LogP contribution in [0.2, 0.25) is 0 Å². The van der Waals surface area contributed by atoms with Gasteiger partial charge in [-0.1, -0.05) is 30.3 Å². The number of pyridine rings is 1. The van der Waals surface area contributed by atoms with Crippen molar-refractivity contribution in [1.29, 1.82) is 0 Å². The Morgan fingerprint density at radius 1 is 1.14 bits per heavy atom. The number of para-hydroxylation sites is 1. The molecule has 1 aromatic heterocycles. The molecule has 2 aliphatic rings. The second-order valence-corrected chi connectivity index (χ2v) is 7.43. The third-order valence-corrected chi connectivity index (χ3v) is 5.95. The third-order valence-electron chi connectivity index (χ3n) is 5.95. The maximum Gasteiger partial charge on any atom is 0.315 e. The fourth-order valence-electron chi connectivity index (χ4n) is 4.47. The number of fused-ring (bicyclic) bond motifs is 4. The average molecular weight is 374 g/mol. The van der Waals surface area contributed by atoms with Crippen molar-refractivity contribution in [3.05, 3.63) is 72.1 Å². The molecule has 6 heteroatoms. The molecule has 5 rings (SSSR count). The van der Waals surface area contributed by atoms with Gasteiger partial charge in [-0.05, 0) is 23.6 Å². The van der Waals surface area contributed by atoms with Crippen LogP contribution in [-0.4, -0.2) is 46.6 Å². The molecule has 3 heterocycles. The van der Waals surface area contributed by atoms with Gasteiger partial charge in [0.1, 0.15) is 17.8 Å². The number of carbonyl (C=O) groups excluding carboxylic acids is 1. The van der Waals surface area contributed by atoms with Crippen molar-refractivity contribution in [3.8, 4) is 5.75 Å². The minimum Gasteiger partial charge on any atom is -0.492 e. The second kappa shape index (κ2) is 6.05. The van der Waals surface area contributed by atoms with Crippen molar-refractivity contribution >= 4 is 22.6 Å². The van der Waals surface area contributed by atoms with Gasteiger partial charge in [0.05, 0.1) is 0 Å². The lowest BCUT2D eigenvalue weighted by atomic mass is 9.73. The van der Waals surface area contributed by atoms with E-state index in [-0.39, 0.29) is 25.0 Å². The molecule has 1 fully saturated rings. The van der Waals surface area contributed by atoms with E-state index in [1.165, 1.54) is 0 Å². The third kappa shape index (κ3) is 2.30. The number of ether oxygens (including phenoxy) is 1. The van der Waals surface area contributed by atoms with Crippen LogP contribution in [0.5, 0.6) is 5.75 Å². The Labute approximate surface area is 161 Å². The molecular weight excluding hydrogens is 356 g/mol. The number of rotatable bonds is 2. The average Bonchev–Trinajstić information content (AvgIpc) is 3.15. The first-order valence-electron chi connectivity index (χ1n) is 9.17. The molecule has 1 amide bonds. The summed E-state index contributed by atoms with van der Waals surface area (Å²) in [7, 11) is 0. The van der Waals surface area contributed by atoms with Crippen molar-refractivity contribution in [1.82, 2.24) is 9.88 Å². The van der Waals surface area contributed by atoms with Crippen LogP contribution in [0.15, 0.2) is 60.9 Å². The molecule has 2 aromatic carbocycles. The van der Waals surface area contributed by atoms with Gasteiger partial charge in [-0.25, -0.2) is 0 Å². The number of amides is 1. The number of aromatic nitrogens is 1. The van der Waals surface area contributed by atoms with Crippen LogP contribution >= 0.6 is 0 Å². The fourth-order valence-corrected chi connectivity index (χ4v) is 4.47. The topological polar surface area (TPSA) is 79.7 Å². The van der Waals surface area contributed by atoms with Gasteiger partial charge in [0.25, 0.3) is 5.91 Å². The van der Waals surface area contributed by atoms with Gasteiger partial charge in [-0.3, -0.25) is 14.6 Å². The molecule has 0 saturated carbocycles. The highest BCUT2D eigenvalue weighted by molar-refractivity contribution is 6.07. The van der Waals surface area contributed by atoms with E-state index in [9.17, 15) is 14.7 Å². The molecule has 2 atom stereocenters. The van der Waals surface area contributed by atoms with Gasteiger partial charge in [0, 0.05) is 47.9 Å². The molecule has 0 unspecified atom stereocenters. The number of benzene rings is 2. The van der Waals surface area contributed by atoms with E-state index in [1.54, 1.807) is 23.4 Å². The molecule has 2 aliphatic heterocycles. The molecule has 28 heavy (non-hydrogen) atoms. The van der Waals surface area contributed by atoms with Crippen molar-refractivity contribution in [2.75, 3.05) is 19.7 Å². The lowest BCUT2D eigenvalue weighted by Gasteiger charge is -2.35. The van der Waals surface area contributed by atoms with Crippen LogP contribution in [-0.2, 0) is 4.79 Å². The van der Waals surface area contributed by atoms with Crippen molar-refractivity contribution in [2.24, 2.45) is 5.41 Å². The normalized spacial score (nSPS) is 23.0. The Morgan fingerprint density at radius 3 is 2.86 bits per heavy atom. The summed E-state index contributed by atoms with van der Waals surface area (Å²) in [5.74, 6) is -0.681. The molecule has 0 radical (unpaired) electrons. The number of carboxylic acid groups (broad SMARTS) is 1. The molecule has 0 aliphatic carbocycles. The number of hydrogen-bond donors (Lipinski definition) is 1. The van der Waals surface area contributed by atoms with E-state index in [0.717, 1.165) is 16.3 Å². The zero-order chi connectivity index (χ0) is 19.3. The Bertz CT molecular complexity index is 1110. The molecule has 0 spiro atoms. The number of carbonyl (C=O) groups is 2. The van der Waals surface area contributed by atoms with Crippen LogP contribution in [0.3, 0.4) is 0 Å². The number of hydrogen-bond acceptors (Lipinski definition) is 4. The molecule has 1 saturated heterocycles. The molecular formula is C22H18N2O4. The summed E-state index contributed by atoms with van der Waals surface area (Å²) in [5.41, 5.74) is 0.290. The molecule has 3 aromatic rings. The van der Waals surface area contributed by atoms with Crippen LogP contribution in [0.25, 0.3) is 10.8 Å². The zero-order valence-electron chi connectivity index (χ0n) is 15.0. The van der Waals surface area contributed by atoms with Crippen LogP contribution in [0.1, 0.15) is 21.8 Å². The number of aliphatic carboxylic acids is 1. The smallest absolute Gasteiger partial charge is 0.315 e. The summed E-state index contributed by atoms with van der Waals surface area (Å²) in [6.07, 6.45) is 3.38. The number of carboxylic acids is 1. The quantitative estimate of drug-likeness (QED) is 0.746. The second-order valence-electron chi connectivity index (χ2n) is 7.43. The molecule has 6 nitrogen and oxygen atoms in total. The summed E-state index contributed by atoms with van der Waals surface area (Å²) in [6.45, 7) is 0.544. The van der Waals surface area contributed by atoms with Crippen molar-refractivity contribution < 1.29 is 19.4 Å². The van der Waals surface area contributed by atoms with Gasteiger partial charge in [-0.2, -0.15) is 0 Å². The zero-order valence-corrected chi connectivity index (χ0v) is 15.0. The lowest BCUT2D eigenvalue weighted by Crippen LogP contribution is -2.46. The van der Waals surface area contributed by atoms with Gasteiger partial charge in [-0.15, -0.1) is 0 Å². The van der Waals surface area contributed by atoms with Crippen molar-refractivity contribution in [2.45, 2.75) is 5.92 Å². The largest absolute Gasteiger partial charge is 0.492 e. The highest BCUT2D eigenvalue weighted by Crippen LogP contribution is 2.50. The number of likely N-dealkylation sites (tertiary alicyclic amines) is 1. The van der Waals surface area contributed by atoms with Gasteiger partial charge in [0.15, 0.2) is 0 Å². The monoisotopic (exact) mass is 374 g/mol. The highest BCUT2D eigenvalue weighted by Gasteiger charge is 2.57. The first-order valence-corrected chi connectivity index (χ1v) is 9.17. The van der Waals surface area contributed by atoms with Crippen molar-refractivity contribution in [3.63, 3.8) is 0 Å². The molecule has 0 bridgehead atoms. The Kier molecular flexibility index (Phi) is 3.62. The summed E-state index contributed by atoms with van der Waals surface area (Å²) in [4.78, 5) is 31.4. The summed E-state index contributed by atoms with van der Waals surface area (Å²) >= 11 is 0. The van der Waals surface area contributed by atoms with E-state index in [2.05, 4.69) is 4.98 Å². The van der Waals surface area contributed by atoms with Gasteiger partial charge in [0.2, 0.25) is 0 Å². The molecule has 140 valence electrons. The summed E-state index contributed by atoms with van der Waals surface area (Å²) in [6, 6.07) is 14.8.